The number of rotatable bonds is 4. The van der Waals surface area contributed by atoms with E-state index in [1.165, 1.54) is 36.9 Å². The van der Waals surface area contributed by atoms with E-state index in [9.17, 15) is 0 Å². The summed E-state index contributed by atoms with van der Waals surface area (Å²) in [6.07, 6.45) is 2.73. The van der Waals surface area contributed by atoms with Crippen LogP contribution in [0.25, 0.3) is 0 Å². The molecule has 0 aromatic carbocycles. The summed E-state index contributed by atoms with van der Waals surface area (Å²) in [7, 11) is 2.27. The second-order valence-corrected chi connectivity index (χ2v) is 5.63. The van der Waals surface area contributed by atoms with Crippen molar-refractivity contribution in [3.8, 4) is 0 Å². The lowest BCUT2D eigenvalue weighted by Crippen LogP contribution is -2.53. The summed E-state index contributed by atoms with van der Waals surface area (Å²) in [5, 5.41) is 0. The third kappa shape index (κ3) is 3.66. The highest BCUT2D eigenvalue weighted by atomic mass is 127. The maximum Gasteiger partial charge on any atom is 0.0221 e. The third-order valence-corrected chi connectivity index (χ3v) is 3.97. The minimum Gasteiger partial charge on any atom is -0.301 e. The number of nitrogens with zero attached hydrogens (tertiary/aromatic N) is 2. The van der Waals surface area contributed by atoms with Gasteiger partial charge < -0.3 is 4.90 Å². The van der Waals surface area contributed by atoms with Gasteiger partial charge in [0.1, 0.15) is 0 Å². The summed E-state index contributed by atoms with van der Waals surface area (Å²) < 4.78 is 1.30. The smallest absolute Gasteiger partial charge is 0.0221 e. The number of hydrogen-bond acceptors (Lipinski definition) is 2. The Bertz CT molecular complexity index is 161. The first-order valence-electron chi connectivity index (χ1n) is 5.65. The van der Waals surface area contributed by atoms with Gasteiger partial charge in [-0.05, 0) is 38.2 Å². The minimum atomic E-state index is 0.714. The van der Waals surface area contributed by atoms with E-state index in [2.05, 4.69) is 53.3 Å². The number of halogens is 1. The van der Waals surface area contributed by atoms with Crippen molar-refractivity contribution >= 4 is 22.6 Å². The molecule has 0 saturated carbocycles. The monoisotopic (exact) mass is 310 g/mol. The summed E-state index contributed by atoms with van der Waals surface area (Å²) in [5.74, 6) is 0. The number of hydrogen-bond donors (Lipinski definition) is 0. The molecule has 0 radical (unpaired) electrons. The lowest BCUT2D eigenvalue weighted by Gasteiger charge is -2.41. The van der Waals surface area contributed by atoms with Crippen LogP contribution in [0.15, 0.2) is 0 Å². The molecule has 1 aliphatic heterocycles. The zero-order valence-electron chi connectivity index (χ0n) is 9.67. The van der Waals surface area contributed by atoms with Crippen LogP contribution < -0.4 is 0 Å². The molecule has 0 aromatic rings. The normalized spacial score (nSPS) is 25.9. The largest absolute Gasteiger partial charge is 0.301 e. The SMILES string of the molecule is CC(C)N1CCN(C)C(CCCI)C1. The van der Waals surface area contributed by atoms with Gasteiger partial charge in [0.25, 0.3) is 0 Å². The molecule has 14 heavy (non-hydrogen) atoms. The van der Waals surface area contributed by atoms with Crippen LogP contribution in [-0.4, -0.2) is 53.0 Å². The molecule has 0 amide bonds. The molecule has 1 aliphatic rings. The molecule has 0 N–H and O–H groups in total. The zero-order valence-corrected chi connectivity index (χ0v) is 11.8. The number of alkyl halides is 1. The van der Waals surface area contributed by atoms with Crippen molar-refractivity contribution in [1.29, 1.82) is 0 Å². The predicted octanol–water partition coefficient (Wildman–Crippen LogP) is 2.23. The van der Waals surface area contributed by atoms with Crippen LogP contribution in [0.4, 0.5) is 0 Å². The van der Waals surface area contributed by atoms with Crippen LogP contribution in [0, 0.1) is 0 Å². The lowest BCUT2D eigenvalue weighted by atomic mass is 10.1. The Morgan fingerprint density at radius 3 is 2.64 bits per heavy atom. The fourth-order valence-electron chi connectivity index (χ4n) is 2.06. The number of piperazine rings is 1. The first kappa shape index (κ1) is 12.7. The molecular formula is C11H23IN2. The average Bonchev–Trinajstić information content (AvgIpc) is 2.16. The van der Waals surface area contributed by atoms with E-state index in [-0.39, 0.29) is 0 Å². The molecule has 2 nitrogen and oxygen atoms in total. The first-order chi connectivity index (χ1) is 6.65. The summed E-state index contributed by atoms with van der Waals surface area (Å²) >= 11 is 2.48. The van der Waals surface area contributed by atoms with E-state index in [0.29, 0.717) is 6.04 Å². The van der Waals surface area contributed by atoms with Crippen molar-refractivity contribution < 1.29 is 0 Å². The molecular weight excluding hydrogens is 287 g/mol. The Hall–Kier alpha value is 0.650. The van der Waals surface area contributed by atoms with Crippen molar-refractivity contribution in [2.24, 2.45) is 0 Å². The molecule has 0 aromatic heterocycles. The van der Waals surface area contributed by atoms with Crippen LogP contribution >= 0.6 is 22.6 Å². The fourth-order valence-corrected chi connectivity index (χ4v) is 2.50. The molecule has 84 valence electrons. The van der Waals surface area contributed by atoms with E-state index in [1.54, 1.807) is 0 Å². The van der Waals surface area contributed by atoms with Crippen molar-refractivity contribution in [2.45, 2.75) is 38.8 Å². The maximum atomic E-state index is 2.61. The Morgan fingerprint density at radius 1 is 1.36 bits per heavy atom. The first-order valence-corrected chi connectivity index (χ1v) is 7.18. The zero-order chi connectivity index (χ0) is 10.6. The Balaban J connectivity index is 2.38. The molecule has 0 spiro atoms. The van der Waals surface area contributed by atoms with Gasteiger partial charge in [0, 0.05) is 31.7 Å². The van der Waals surface area contributed by atoms with Crippen molar-refractivity contribution in [3.05, 3.63) is 0 Å². The van der Waals surface area contributed by atoms with Gasteiger partial charge in [0.15, 0.2) is 0 Å². The molecule has 1 heterocycles. The third-order valence-electron chi connectivity index (χ3n) is 3.21. The van der Waals surface area contributed by atoms with Crippen molar-refractivity contribution in [1.82, 2.24) is 9.80 Å². The Morgan fingerprint density at radius 2 is 2.07 bits per heavy atom. The molecule has 1 atom stereocenters. The van der Waals surface area contributed by atoms with Gasteiger partial charge in [-0.15, -0.1) is 0 Å². The molecule has 3 heteroatoms. The van der Waals surface area contributed by atoms with Gasteiger partial charge in [-0.1, -0.05) is 22.6 Å². The molecule has 1 rings (SSSR count). The van der Waals surface area contributed by atoms with Crippen LogP contribution in [0.1, 0.15) is 26.7 Å². The van der Waals surface area contributed by atoms with Gasteiger partial charge in [-0.2, -0.15) is 0 Å². The van der Waals surface area contributed by atoms with E-state index >= 15 is 0 Å². The maximum absolute atomic E-state index is 2.61. The van der Waals surface area contributed by atoms with Crippen LogP contribution in [0.2, 0.25) is 0 Å². The summed E-state index contributed by atoms with van der Waals surface area (Å²) in [5.41, 5.74) is 0. The van der Waals surface area contributed by atoms with E-state index < -0.39 is 0 Å². The Labute approximate surface area is 102 Å². The van der Waals surface area contributed by atoms with E-state index in [0.717, 1.165) is 6.04 Å². The highest BCUT2D eigenvalue weighted by Gasteiger charge is 2.24. The van der Waals surface area contributed by atoms with Gasteiger partial charge in [-0.25, -0.2) is 0 Å². The lowest BCUT2D eigenvalue weighted by molar-refractivity contribution is 0.0704. The summed E-state index contributed by atoms with van der Waals surface area (Å²) in [6.45, 7) is 8.37. The van der Waals surface area contributed by atoms with Gasteiger partial charge in [-0.3, -0.25) is 4.90 Å². The second kappa shape index (κ2) is 6.28. The standard InChI is InChI=1S/C11H23IN2/c1-10(2)14-8-7-13(3)11(9-14)5-4-6-12/h10-11H,4-9H2,1-3H3. The number of likely N-dealkylation sites (N-methyl/N-ethyl adjacent to an activating group) is 1. The highest BCUT2D eigenvalue weighted by Crippen LogP contribution is 2.15. The Kier molecular flexibility index (Phi) is 5.71. The van der Waals surface area contributed by atoms with Crippen LogP contribution in [0.3, 0.4) is 0 Å². The molecule has 0 bridgehead atoms. The van der Waals surface area contributed by atoms with Gasteiger partial charge >= 0.3 is 0 Å². The van der Waals surface area contributed by atoms with Crippen molar-refractivity contribution in [2.75, 3.05) is 31.1 Å². The second-order valence-electron chi connectivity index (χ2n) is 4.55. The van der Waals surface area contributed by atoms with Crippen molar-refractivity contribution in [3.63, 3.8) is 0 Å². The molecule has 0 aliphatic carbocycles. The minimum absolute atomic E-state index is 0.714. The van der Waals surface area contributed by atoms with Crippen LogP contribution in [0.5, 0.6) is 0 Å². The molecule has 1 unspecified atom stereocenters. The van der Waals surface area contributed by atoms with Gasteiger partial charge in [0.05, 0.1) is 0 Å². The quantitative estimate of drug-likeness (QED) is 0.580. The van der Waals surface area contributed by atoms with E-state index in [1.807, 2.05) is 0 Å². The van der Waals surface area contributed by atoms with Crippen LogP contribution in [-0.2, 0) is 0 Å². The summed E-state index contributed by atoms with van der Waals surface area (Å²) in [6, 6.07) is 1.51. The topological polar surface area (TPSA) is 6.48 Å². The van der Waals surface area contributed by atoms with Gasteiger partial charge in [0.2, 0.25) is 0 Å². The summed E-state index contributed by atoms with van der Waals surface area (Å²) in [4.78, 5) is 5.14. The molecule has 1 fully saturated rings. The van der Waals surface area contributed by atoms with E-state index in [4.69, 9.17) is 0 Å². The fraction of sp³-hybridized carbons (Fsp3) is 1.00. The molecule has 1 saturated heterocycles. The highest BCUT2D eigenvalue weighted by molar-refractivity contribution is 14.1. The predicted molar refractivity (Wildman–Crippen MR) is 71.2 cm³/mol. The average molecular weight is 310 g/mol.